The third-order valence-electron chi connectivity index (χ3n) is 4.68. The van der Waals surface area contributed by atoms with E-state index in [4.69, 9.17) is 5.26 Å². The Hall–Kier alpha value is -1.29. The summed E-state index contributed by atoms with van der Waals surface area (Å²) < 4.78 is 0. The van der Waals surface area contributed by atoms with Crippen LogP contribution in [0.4, 0.5) is 0 Å². The van der Waals surface area contributed by atoms with Crippen molar-refractivity contribution in [2.24, 2.45) is 23.7 Å². The van der Waals surface area contributed by atoms with Gasteiger partial charge in [0.2, 0.25) is 0 Å². The van der Waals surface area contributed by atoms with Crippen molar-refractivity contribution in [1.82, 2.24) is 0 Å². The third-order valence-corrected chi connectivity index (χ3v) is 4.68. The fourth-order valence-corrected chi connectivity index (χ4v) is 3.22. The molecule has 0 aliphatic rings. The fraction of sp³-hybridized carbons (Fsp3) is 0.632. The van der Waals surface area contributed by atoms with Gasteiger partial charge < -0.3 is 0 Å². The zero-order chi connectivity index (χ0) is 15.0. The Morgan fingerprint density at radius 3 is 2.20 bits per heavy atom. The van der Waals surface area contributed by atoms with Crippen LogP contribution in [0, 0.1) is 35.0 Å². The topological polar surface area (TPSA) is 23.8 Å². The minimum atomic E-state index is 0.653. The minimum Gasteiger partial charge on any atom is -0.198 e. The number of rotatable bonds is 8. The Morgan fingerprint density at radius 1 is 1.05 bits per heavy atom. The Bertz CT molecular complexity index is 402. The van der Waals surface area contributed by atoms with E-state index in [1.165, 1.54) is 12.0 Å². The van der Waals surface area contributed by atoms with Gasteiger partial charge in [-0.1, -0.05) is 64.4 Å². The summed E-state index contributed by atoms with van der Waals surface area (Å²) in [5.74, 6) is 2.67. The first-order valence-corrected chi connectivity index (χ1v) is 8.01. The predicted octanol–water partition coefficient (Wildman–Crippen LogP) is 5.47. The quantitative estimate of drug-likeness (QED) is 0.615. The molecule has 0 aliphatic heterocycles. The van der Waals surface area contributed by atoms with Crippen LogP contribution in [0.1, 0.15) is 52.5 Å². The van der Waals surface area contributed by atoms with Crippen molar-refractivity contribution in [3.05, 3.63) is 35.9 Å². The van der Waals surface area contributed by atoms with Crippen LogP contribution in [-0.2, 0) is 6.42 Å². The molecule has 0 N–H and O–H groups in total. The first-order chi connectivity index (χ1) is 9.60. The first kappa shape index (κ1) is 16.8. The minimum absolute atomic E-state index is 0.653. The highest BCUT2D eigenvalue weighted by molar-refractivity contribution is 5.15. The van der Waals surface area contributed by atoms with Gasteiger partial charge in [0, 0.05) is 6.42 Å². The van der Waals surface area contributed by atoms with Gasteiger partial charge in [0.05, 0.1) is 6.07 Å². The largest absolute Gasteiger partial charge is 0.198 e. The number of hydrogen-bond acceptors (Lipinski definition) is 1. The molecule has 1 aromatic rings. The summed E-state index contributed by atoms with van der Waals surface area (Å²) in [5, 5.41) is 8.93. The molecule has 0 bridgehead atoms. The Balaban J connectivity index is 2.87. The molecule has 0 radical (unpaired) electrons. The molecule has 0 saturated carbocycles. The second-order valence-corrected chi connectivity index (χ2v) is 6.34. The lowest BCUT2D eigenvalue weighted by Crippen LogP contribution is -2.27. The van der Waals surface area contributed by atoms with Crippen LogP contribution in [0.5, 0.6) is 0 Å². The van der Waals surface area contributed by atoms with Crippen LogP contribution in [-0.4, -0.2) is 0 Å². The first-order valence-electron chi connectivity index (χ1n) is 8.01. The van der Waals surface area contributed by atoms with Gasteiger partial charge in [0.1, 0.15) is 0 Å². The lowest BCUT2D eigenvalue weighted by Gasteiger charge is -2.34. The maximum atomic E-state index is 8.93. The second kappa shape index (κ2) is 8.80. The van der Waals surface area contributed by atoms with Crippen molar-refractivity contribution in [1.29, 1.82) is 5.26 Å². The Labute approximate surface area is 125 Å². The van der Waals surface area contributed by atoms with Gasteiger partial charge in [-0.2, -0.15) is 5.26 Å². The highest BCUT2D eigenvalue weighted by Crippen LogP contribution is 2.35. The maximum absolute atomic E-state index is 8.93. The molecule has 3 atom stereocenters. The van der Waals surface area contributed by atoms with Crippen LogP contribution in [0.25, 0.3) is 0 Å². The molecule has 0 spiro atoms. The zero-order valence-corrected chi connectivity index (χ0v) is 13.5. The standard InChI is InChI=1S/C19H29N/c1-5-16(4)18(12-9-13-20)19(15(2)3)14-17-10-7-6-8-11-17/h6-8,10-11,15-16,18-19H,5,9,12,14H2,1-4H3. The molecular formula is C19H29N. The normalized spacial score (nSPS) is 15.6. The molecule has 1 aromatic carbocycles. The molecule has 1 nitrogen and oxygen atoms in total. The molecule has 110 valence electrons. The predicted molar refractivity (Wildman–Crippen MR) is 86.3 cm³/mol. The average Bonchev–Trinajstić information content (AvgIpc) is 2.46. The maximum Gasteiger partial charge on any atom is 0.0621 e. The summed E-state index contributed by atoms with van der Waals surface area (Å²) in [5.41, 5.74) is 1.43. The monoisotopic (exact) mass is 271 g/mol. The summed E-state index contributed by atoms with van der Waals surface area (Å²) in [7, 11) is 0. The molecule has 0 aliphatic carbocycles. The van der Waals surface area contributed by atoms with E-state index in [9.17, 15) is 0 Å². The summed E-state index contributed by atoms with van der Waals surface area (Å²) in [6.45, 7) is 9.27. The molecule has 20 heavy (non-hydrogen) atoms. The van der Waals surface area contributed by atoms with Crippen LogP contribution < -0.4 is 0 Å². The van der Waals surface area contributed by atoms with E-state index in [0.717, 1.165) is 12.8 Å². The molecule has 1 rings (SSSR count). The summed E-state index contributed by atoms with van der Waals surface area (Å²) >= 11 is 0. The molecule has 0 aromatic heterocycles. The van der Waals surface area contributed by atoms with E-state index >= 15 is 0 Å². The highest BCUT2D eigenvalue weighted by atomic mass is 14.3. The van der Waals surface area contributed by atoms with Crippen molar-refractivity contribution in [3.8, 4) is 6.07 Å². The van der Waals surface area contributed by atoms with E-state index in [0.29, 0.717) is 30.1 Å². The van der Waals surface area contributed by atoms with Gasteiger partial charge in [0.25, 0.3) is 0 Å². The lowest BCUT2D eigenvalue weighted by molar-refractivity contribution is 0.171. The lowest BCUT2D eigenvalue weighted by atomic mass is 9.71. The Kier molecular flexibility index (Phi) is 7.37. The van der Waals surface area contributed by atoms with Gasteiger partial charge in [-0.05, 0) is 42.1 Å². The number of benzene rings is 1. The number of nitriles is 1. The molecular weight excluding hydrogens is 242 g/mol. The van der Waals surface area contributed by atoms with E-state index in [-0.39, 0.29) is 0 Å². The van der Waals surface area contributed by atoms with Crippen LogP contribution in [0.3, 0.4) is 0 Å². The van der Waals surface area contributed by atoms with E-state index in [2.05, 4.69) is 64.1 Å². The third kappa shape index (κ3) is 5.00. The van der Waals surface area contributed by atoms with Gasteiger partial charge in [-0.3, -0.25) is 0 Å². The van der Waals surface area contributed by atoms with Gasteiger partial charge in [-0.15, -0.1) is 0 Å². The molecule has 3 unspecified atom stereocenters. The molecule has 1 heteroatoms. The van der Waals surface area contributed by atoms with E-state index < -0.39 is 0 Å². The number of hydrogen-bond donors (Lipinski definition) is 0. The summed E-state index contributed by atoms with van der Waals surface area (Å²) in [6, 6.07) is 13.1. The SMILES string of the molecule is CCC(C)C(CCC#N)C(Cc1ccccc1)C(C)C. The van der Waals surface area contributed by atoms with Crippen LogP contribution in [0.15, 0.2) is 30.3 Å². The van der Waals surface area contributed by atoms with E-state index in [1.54, 1.807) is 0 Å². The highest BCUT2D eigenvalue weighted by Gasteiger charge is 2.28. The van der Waals surface area contributed by atoms with Crippen molar-refractivity contribution in [2.45, 2.75) is 53.4 Å². The molecule has 0 heterocycles. The molecule has 0 fully saturated rings. The van der Waals surface area contributed by atoms with Crippen molar-refractivity contribution in [3.63, 3.8) is 0 Å². The van der Waals surface area contributed by atoms with Crippen LogP contribution >= 0.6 is 0 Å². The average molecular weight is 271 g/mol. The Morgan fingerprint density at radius 2 is 1.70 bits per heavy atom. The molecule has 0 saturated heterocycles. The number of nitrogens with zero attached hydrogens (tertiary/aromatic N) is 1. The smallest absolute Gasteiger partial charge is 0.0621 e. The van der Waals surface area contributed by atoms with Crippen molar-refractivity contribution < 1.29 is 0 Å². The van der Waals surface area contributed by atoms with Gasteiger partial charge in [-0.25, -0.2) is 0 Å². The van der Waals surface area contributed by atoms with Gasteiger partial charge >= 0.3 is 0 Å². The van der Waals surface area contributed by atoms with Crippen LogP contribution in [0.2, 0.25) is 0 Å². The summed E-state index contributed by atoms with van der Waals surface area (Å²) in [6.07, 6.45) is 4.07. The van der Waals surface area contributed by atoms with Gasteiger partial charge in [0.15, 0.2) is 0 Å². The fourth-order valence-electron chi connectivity index (χ4n) is 3.22. The van der Waals surface area contributed by atoms with Crippen molar-refractivity contribution in [2.75, 3.05) is 0 Å². The molecule has 0 amide bonds. The zero-order valence-electron chi connectivity index (χ0n) is 13.5. The summed E-state index contributed by atoms with van der Waals surface area (Å²) in [4.78, 5) is 0. The van der Waals surface area contributed by atoms with E-state index in [1.807, 2.05) is 0 Å². The van der Waals surface area contributed by atoms with Crippen molar-refractivity contribution >= 4 is 0 Å². The second-order valence-electron chi connectivity index (χ2n) is 6.34.